The summed E-state index contributed by atoms with van der Waals surface area (Å²) in [6, 6.07) is 1.97. The van der Waals surface area contributed by atoms with E-state index in [-0.39, 0.29) is 6.54 Å². The molecule has 0 aromatic rings. The van der Waals surface area contributed by atoms with E-state index in [1.165, 1.54) is 6.21 Å². The average molecular weight is 189 g/mol. The summed E-state index contributed by atoms with van der Waals surface area (Å²) >= 11 is 11.6. The maximum absolute atomic E-state index is 8.69. The summed E-state index contributed by atoms with van der Waals surface area (Å²) < 4.78 is 0. The van der Waals surface area contributed by atoms with Gasteiger partial charge in [0.25, 0.3) is 0 Å². The van der Waals surface area contributed by atoms with Gasteiger partial charge in [-0.25, -0.2) is 0 Å². The predicted molar refractivity (Wildman–Crippen MR) is 46.1 cm³/mol. The molecule has 0 amide bonds. The summed E-state index contributed by atoms with van der Waals surface area (Å²) in [7, 11) is 0. The molecular weight excluding hydrogens is 183 g/mol. The Morgan fingerprint density at radius 3 is 2.91 bits per heavy atom. The lowest BCUT2D eigenvalue weighted by Crippen LogP contribution is -2.28. The van der Waals surface area contributed by atoms with Gasteiger partial charge in [-0.15, -0.1) is 0 Å². The number of nitriles is 1. The monoisotopic (exact) mass is 188 g/mol. The Balaban J connectivity index is 3.10. The lowest BCUT2D eigenvalue weighted by molar-refractivity contribution is 0.814. The molecule has 0 radical (unpaired) electrons. The Hall–Kier alpha value is -0.520. The first-order valence-electron chi connectivity index (χ1n) is 3.07. The van der Waals surface area contributed by atoms with E-state index < -0.39 is 4.87 Å². The molecule has 11 heavy (non-hydrogen) atoms. The fourth-order valence-electron chi connectivity index (χ4n) is 0.775. The minimum atomic E-state index is -1.02. The van der Waals surface area contributed by atoms with Gasteiger partial charge in [0, 0.05) is 6.21 Å². The summed E-state index contributed by atoms with van der Waals surface area (Å²) in [5.41, 5.74) is 0.679. The Morgan fingerprint density at radius 2 is 2.45 bits per heavy atom. The molecule has 0 aliphatic carbocycles. The van der Waals surface area contributed by atoms with Gasteiger partial charge in [-0.3, -0.25) is 4.99 Å². The number of rotatable bonds is 0. The maximum atomic E-state index is 8.69. The number of hydrogen-bond acceptors (Lipinski definition) is 2. The second-order valence-corrected chi connectivity index (χ2v) is 3.41. The van der Waals surface area contributed by atoms with Crippen LogP contribution in [0.4, 0.5) is 0 Å². The number of aliphatic imine (C=N–C) groups is 1. The third kappa shape index (κ3) is 1.40. The van der Waals surface area contributed by atoms with Crippen LogP contribution in [-0.2, 0) is 0 Å². The van der Waals surface area contributed by atoms with Gasteiger partial charge in [0.15, 0.2) is 4.87 Å². The molecule has 0 bridgehead atoms. The standard InChI is InChI=1S/C7H6Cl2N2/c1-5-6(8)2-11-4-7(5,9)3-10/h2H,4H2,1H3. The molecule has 0 N–H and O–H groups in total. The van der Waals surface area contributed by atoms with E-state index in [4.69, 9.17) is 28.5 Å². The molecule has 0 fully saturated rings. The van der Waals surface area contributed by atoms with Crippen LogP contribution >= 0.6 is 23.2 Å². The van der Waals surface area contributed by atoms with E-state index in [2.05, 4.69) is 4.99 Å². The molecular formula is C7H6Cl2N2. The zero-order valence-corrected chi connectivity index (χ0v) is 7.45. The summed E-state index contributed by atoms with van der Waals surface area (Å²) in [4.78, 5) is 2.84. The van der Waals surface area contributed by atoms with Gasteiger partial charge in [-0.2, -0.15) is 5.26 Å². The first-order chi connectivity index (χ1) is 5.10. The SMILES string of the molecule is CC1=C(Cl)C=NCC1(Cl)C#N. The fourth-order valence-corrected chi connectivity index (χ4v) is 1.22. The van der Waals surface area contributed by atoms with Crippen LogP contribution in [0, 0.1) is 11.3 Å². The fraction of sp³-hybridized carbons (Fsp3) is 0.429. The van der Waals surface area contributed by atoms with E-state index in [0.29, 0.717) is 10.6 Å². The highest BCUT2D eigenvalue weighted by atomic mass is 35.5. The highest BCUT2D eigenvalue weighted by Crippen LogP contribution is 2.30. The zero-order chi connectivity index (χ0) is 8.48. The maximum Gasteiger partial charge on any atom is 0.172 e. The predicted octanol–water partition coefficient (Wildman–Crippen LogP) is 2.08. The van der Waals surface area contributed by atoms with Crippen LogP contribution in [0.3, 0.4) is 0 Å². The molecule has 0 saturated carbocycles. The van der Waals surface area contributed by atoms with Crippen molar-refractivity contribution in [2.75, 3.05) is 6.54 Å². The Kier molecular flexibility index (Phi) is 2.22. The van der Waals surface area contributed by atoms with Crippen molar-refractivity contribution in [2.45, 2.75) is 11.8 Å². The summed E-state index contributed by atoms with van der Waals surface area (Å²) in [5.74, 6) is 0. The molecule has 1 heterocycles. The molecule has 0 saturated heterocycles. The number of allylic oxidation sites excluding steroid dienone is 1. The van der Waals surface area contributed by atoms with E-state index >= 15 is 0 Å². The first-order valence-corrected chi connectivity index (χ1v) is 3.82. The number of halogens is 2. The smallest absolute Gasteiger partial charge is 0.172 e. The van der Waals surface area contributed by atoms with Gasteiger partial charge in [-0.1, -0.05) is 23.2 Å². The highest BCUT2D eigenvalue weighted by molar-refractivity contribution is 6.41. The first kappa shape index (κ1) is 8.58. The van der Waals surface area contributed by atoms with Crippen molar-refractivity contribution in [1.29, 1.82) is 5.26 Å². The highest BCUT2D eigenvalue weighted by Gasteiger charge is 2.32. The average Bonchev–Trinajstić information content (AvgIpc) is 2.00. The van der Waals surface area contributed by atoms with Crippen molar-refractivity contribution >= 4 is 29.4 Å². The molecule has 1 atom stereocenters. The van der Waals surface area contributed by atoms with Crippen molar-refractivity contribution in [2.24, 2.45) is 4.99 Å². The third-order valence-corrected chi connectivity index (χ3v) is 2.51. The zero-order valence-electron chi connectivity index (χ0n) is 5.93. The Labute approximate surface area is 75.1 Å². The van der Waals surface area contributed by atoms with E-state index in [1.54, 1.807) is 6.92 Å². The van der Waals surface area contributed by atoms with E-state index in [0.717, 1.165) is 0 Å². The Morgan fingerprint density at radius 1 is 1.82 bits per heavy atom. The van der Waals surface area contributed by atoms with Crippen molar-refractivity contribution in [3.8, 4) is 6.07 Å². The summed E-state index contributed by atoms with van der Waals surface area (Å²) in [6.45, 7) is 2.02. The van der Waals surface area contributed by atoms with Crippen molar-refractivity contribution in [3.05, 3.63) is 10.6 Å². The minimum absolute atomic E-state index is 0.285. The molecule has 0 aromatic carbocycles. The van der Waals surface area contributed by atoms with Gasteiger partial charge in [0.05, 0.1) is 17.6 Å². The van der Waals surface area contributed by atoms with Crippen LogP contribution in [0.15, 0.2) is 15.6 Å². The van der Waals surface area contributed by atoms with Crippen LogP contribution in [0.1, 0.15) is 6.92 Å². The molecule has 1 aliphatic rings. The van der Waals surface area contributed by atoms with Crippen LogP contribution in [0.2, 0.25) is 0 Å². The lowest BCUT2D eigenvalue weighted by Gasteiger charge is -2.21. The largest absolute Gasteiger partial charge is 0.288 e. The van der Waals surface area contributed by atoms with Crippen LogP contribution in [0.25, 0.3) is 0 Å². The lowest BCUT2D eigenvalue weighted by atomic mass is 9.99. The van der Waals surface area contributed by atoms with Crippen molar-refractivity contribution in [1.82, 2.24) is 0 Å². The molecule has 1 unspecified atom stereocenters. The minimum Gasteiger partial charge on any atom is -0.288 e. The van der Waals surface area contributed by atoms with Gasteiger partial charge >= 0.3 is 0 Å². The van der Waals surface area contributed by atoms with Gasteiger partial charge in [-0.05, 0) is 12.5 Å². The van der Waals surface area contributed by atoms with Crippen molar-refractivity contribution < 1.29 is 0 Å². The molecule has 0 aromatic heterocycles. The normalized spacial score (nSPS) is 30.4. The van der Waals surface area contributed by atoms with Gasteiger partial charge in [0.1, 0.15) is 0 Å². The summed E-state index contributed by atoms with van der Waals surface area (Å²) in [5, 5.41) is 9.16. The number of alkyl halides is 1. The van der Waals surface area contributed by atoms with Gasteiger partial charge in [0.2, 0.25) is 0 Å². The molecule has 2 nitrogen and oxygen atoms in total. The topological polar surface area (TPSA) is 36.1 Å². The quantitative estimate of drug-likeness (QED) is 0.537. The number of dihydropyridines is 1. The number of hydrogen-bond donors (Lipinski definition) is 0. The molecule has 58 valence electrons. The second kappa shape index (κ2) is 2.84. The van der Waals surface area contributed by atoms with E-state index in [1.807, 2.05) is 6.07 Å². The third-order valence-electron chi connectivity index (χ3n) is 1.64. The second-order valence-electron chi connectivity index (χ2n) is 2.36. The van der Waals surface area contributed by atoms with Crippen LogP contribution in [0.5, 0.6) is 0 Å². The van der Waals surface area contributed by atoms with Crippen molar-refractivity contribution in [3.63, 3.8) is 0 Å². The van der Waals surface area contributed by atoms with Crippen LogP contribution in [-0.4, -0.2) is 17.6 Å². The Bertz CT molecular complexity index is 275. The summed E-state index contributed by atoms with van der Waals surface area (Å²) in [6.07, 6.45) is 1.52. The molecule has 1 rings (SSSR count). The van der Waals surface area contributed by atoms with Gasteiger partial charge < -0.3 is 0 Å². The van der Waals surface area contributed by atoms with E-state index in [9.17, 15) is 0 Å². The molecule has 1 aliphatic heterocycles. The van der Waals surface area contributed by atoms with Crippen LogP contribution < -0.4 is 0 Å². The molecule has 0 spiro atoms. The number of nitrogens with zero attached hydrogens (tertiary/aromatic N) is 2. The molecule has 4 heteroatoms.